The molecule has 0 saturated carbocycles. The largest absolute Gasteiger partial charge is 0.497 e. The molecule has 0 aromatic heterocycles. The highest BCUT2D eigenvalue weighted by atomic mass is 16.5. The summed E-state index contributed by atoms with van der Waals surface area (Å²) in [6.45, 7) is 1.59. The Morgan fingerprint density at radius 1 is 0.941 bits per heavy atom. The zero-order valence-electron chi connectivity index (χ0n) is 9.78. The highest BCUT2D eigenvalue weighted by molar-refractivity contribution is 6.06. The lowest BCUT2D eigenvalue weighted by molar-refractivity contribution is 0.101. The Balaban J connectivity index is 2.11. The predicted octanol–water partition coefficient (Wildman–Crippen LogP) is 3.55. The Morgan fingerprint density at radius 3 is 2.24 bits per heavy atom. The number of carbonyl (C=O) groups is 1. The van der Waals surface area contributed by atoms with Crippen molar-refractivity contribution in [2.75, 3.05) is 7.11 Å². The summed E-state index contributed by atoms with van der Waals surface area (Å²) in [7, 11) is 1.67. The van der Waals surface area contributed by atoms with Crippen LogP contribution in [0.2, 0.25) is 0 Å². The van der Waals surface area contributed by atoms with Gasteiger partial charge >= 0.3 is 0 Å². The minimum Gasteiger partial charge on any atom is -0.497 e. The summed E-state index contributed by atoms with van der Waals surface area (Å²) >= 11 is 0. The van der Waals surface area contributed by atoms with Crippen molar-refractivity contribution in [2.24, 2.45) is 0 Å². The van der Waals surface area contributed by atoms with Crippen LogP contribution in [0.25, 0.3) is 22.3 Å². The molecular weight excluding hydrogens is 212 g/mol. The number of hydrogen-bond donors (Lipinski definition) is 0. The van der Waals surface area contributed by atoms with E-state index in [1.165, 1.54) is 16.7 Å². The van der Waals surface area contributed by atoms with Crippen LogP contribution in [0.1, 0.15) is 17.3 Å². The van der Waals surface area contributed by atoms with Gasteiger partial charge in [0.05, 0.1) is 7.11 Å². The topological polar surface area (TPSA) is 26.3 Å². The molecule has 0 heterocycles. The standard InChI is InChI=1S/C15H12O2/c1-9(16)10-3-5-12-14(7-10)13-6-4-11(17-2)8-15(12)13/h3-8H,1-2H3. The fraction of sp³-hybridized carbons (Fsp3) is 0.133. The van der Waals surface area contributed by atoms with Crippen molar-refractivity contribution in [3.8, 4) is 28.0 Å². The van der Waals surface area contributed by atoms with Gasteiger partial charge in [-0.15, -0.1) is 0 Å². The van der Waals surface area contributed by atoms with Crippen molar-refractivity contribution in [3.05, 3.63) is 42.0 Å². The number of benzene rings is 2. The number of Topliss-reactive ketones (excluding diaryl/α,β-unsaturated/α-hetero) is 1. The molecule has 0 spiro atoms. The lowest BCUT2D eigenvalue weighted by Gasteiger charge is -2.24. The van der Waals surface area contributed by atoms with Gasteiger partial charge in [-0.25, -0.2) is 0 Å². The van der Waals surface area contributed by atoms with Gasteiger partial charge in [-0.2, -0.15) is 0 Å². The average molecular weight is 224 g/mol. The molecule has 2 aromatic rings. The quantitative estimate of drug-likeness (QED) is 0.622. The summed E-state index contributed by atoms with van der Waals surface area (Å²) in [5.74, 6) is 0.972. The Hall–Kier alpha value is -2.09. The van der Waals surface area contributed by atoms with E-state index in [-0.39, 0.29) is 5.78 Å². The van der Waals surface area contributed by atoms with Gasteiger partial charge in [0.2, 0.25) is 0 Å². The first-order valence-electron chi connectivity index (χ1n) is 5.54. The van der Waals surface area contributed by atoms with Crippen molar-refractivity contribution < 1.29 is 9.53 Å². The summed E-state index contributed by atoms with van der Waals surface area (Å²) in [4.78, 5) is 11.3. The number of fused-ring (bicyclic) bond motifs is 4. The molecule has 1 aliphatic rings. The van der Waals surface area contributed by atoms with E-state index in [1.54, 1.807) is 14.0 Å². The summed E-state index contributed by atoms with van der Waals surface area (Å²) in [5, 5.41) is 0. The second kappa shape index (κ2) is 3.45. The molecule has 0 N–H and O–H groups in total. The molecular formula is C15H12O2. The van der Waals surface area contributed by atoms with Crippen LogP contribution in [0, 0.1) is 0 Å². The third-order valence-electron chi connectivity index (χ3n) is 3.23. The maximum absolute atomic E-state index is 11.3. The molecule has 0 bridgehead atoms. The molecule has 0 aliphatic heterocycles. The molecule has 0 amide bonds. The van der Waals surface area contributed by atoms with Crippen molar-refractivity contribution in [1.29, 1.82) is 0 Å². The van der Waals surface area contributed by atoms with Crippen LogP contribution in [0.5, 0.6) is 5.75 Å². The summed E-state index contributed by atoms with van der Waals surface area (Å²) < 4.78 is 5.21. The number of ketones is 1. The Morgan fingerprint density at radius 2 is 1.59 bits per heavy atom. The molecule has 3 rings (SSSR count). The molecule has 17 heavy (non-hydrogen) atoms. The molecule has 2 aromatic carbocycles. The number of ether oxygens (including phenoxy) is 1. The summed E-state index contributed by atoms with van der Waals surface area (Å²) in [6, 6.07) is 11.9. The molecule has 0 atom stereocenters. The second-order valence-corrected chi connectivity index (χ2v) is 4.23. The van der Waals surface area contributed by atoms with E-state index < -0.39 is 0 Å². The van der Waals surface area contributed by atoms with E-state index in [0.29, 0.717) is 0 Å². The van der Waals surface area contributed by atoms with Gasteiger partial charge in [0.25, 0.3) is 0 Å². The first-order chi connectivity index (χ1) is 8.20. The van der Waals surface area contributed by atoms with Crippen molar-refractivity contribution in [2.45, 2.75) is 6.92 Å². The number of hydrogen-bond acceptors (Lipinski definition) is 2. The number of carbonyl (C=O) groups excluding carboxylic acids is 1. The monoisotopic (exact) mass is 224 g/mol. The van der Waals surface area contributed by atoms with E-state index >= 15 is 0 Å². The summed E-state index contributed by atoms with van der Waals surface area (Å²) in [6.07, 6.45) is 0. The number of rotatable bonds is 2. The highest BCUT2D eigenvalue weighted by Gasteiger charge is 2.23. The highest BCUT2D eigenvalue weighted by Crippen LogP contribution is 2.48. The average Bonchev–Trinajstić information content (AvgIpc) is 2.34. The summed E-state index contributed by atoms with van der Waals surface area (Å²) in [5.41, 5.74) is 5.53. The third kappa shape index (κ3) is 1.37. The zero-order chi connectivity index (χ0) is 12.0. The lowest BCUT2D eigenvalue weighted by Crippen LogP contribution is -2.02. The molecule has 0 unspecified atom stereocenters. The predicted molar refractivity (Wildman–Crippen MR) is 67.4 cm³/mol. The molecule has 0 saturated heterocycles. The van der Waals surface area contributed by atoms with E-state index in [9.17, 15) is 4.79 Å². The van der Waals surface area contributed by atoms with Crippen molar-refractivity contribution in [3.63, 3.8) is 0 Å². The van der Waals surface area contributed by atoms with Crippen LogP contribution in [0.15, 0.2) is 36.4 Å². The van der Waals surface area contributed by atoms with Crippen LogP contribution in [0.3, 0.4) is 0 Å². The Bertz CT molecular complexity index is 627. The SMILES string of the molecule is COc1ccc2c(c1)-c1ccc(C(C)=O)cc1-2. The van der Waals surface area contributed by atoms with E-state index in [1.807, 2.05) is 36.4 Å². The van der Waals surface area contributed by atoms with Crippen molar-refractivity contribution in [1.82, 2.24) is 0 Å². The Labute approximate surface area is 99.9 Å². The van der Waals surface area contributed by atoms with E-state index in [2.05, 4.69) is 0 Å². The van der Waals surface area contributed by atoms with Gasteiger partial charge in [-0.05, 0) is 47.4 Å². The van der Waals surface area contributed by atoms with Gasteiger partial charge in [-0.3, -0.25) is 4.79 Å². The normalized spacial score (nSPS) is 11.2. The van der Waals surface area contributed by atoms with Gasteiger partial charge < -0.3 is 4.74 Å². The second-order valence-electron chi connectivity index (χ2n) is 4.23. The molecule has 0 radical (unpaired) electrons. The van der Waals surface area contributed by atoms with Crippen LogP contribution >= 0.6 is 0 Å². The minimum atomic E-state index is 0.106. The minimum absolute atomic E-state index is 0.106. The zero-order valence-corrected chi connectivity index (χ0v) is 9.78. The Kier molecular flexibility index (Phi) is 2.05. The fourth-order valence-corrected chi connectivity index (χ4v) is 2.27. The van der Waals surface area contributed by atoms with Gasteiger partial charge in [-0.1, -0.05) is 18.2 Å². The van der Waals surface area contributed by atoms with Gasteiger partial charge in [0.1, 0.15) is 5.75 Å². The smallest absolute Gasteiger partial charge is 0.159 e. The molecule has 2 nitrogen and oxygen atoms in total. The van der Waals surface area contributed by atoms with Crippen molar-refractivity contribution >= 4 is 5.78 Å². The molecule has 0 fully saturated rings. The maximum atomic E-state index is 11.3. The van der Waals surface area contributed by atoms with Crippen LogP contribution in [-0.4, -0.2) is 12.9 Å². The van der Waals surface area contributed by atoms with E-state index in [0.717, 1.165) is 16.9 Å². The fourth-order valence-electron chi connectivity index (χ4n) is 2.27. The molecule has 2 heteroatoms. The maximum Gasteiger partial charge on any atom is 0.159 e. The number of methoxy groups -OCH3 is 1. The van der Waals surface area contributed by atoms with E-state index in [4.69, 9.17) is 4.74 Å². The first kappa shape index (κ1) is 10.1. The first-order valence-corrected chi connectivity index (χ1v) is 5.54. The van der Waals surface area contributed by atoms with Gasteiger partial charge in [0, 0.05) is 5.56 Å². The third-order valence-corrected chi connectivity index (χ3v) is 3.23. The van der Waals surface area contributed by atoms with Gasteiger partial charge in [0.15, 0.2) is 5.78 Å². The molecule has 1 aliphatic carbocycles. The van der Waals surface area contributed by atoms with Crippen LogP contribution < -0.4 is 4.74 Å². The van der Waals surface area contributed by atoms with Crippen LogP contribution in [0.4, 0.5) is 0 Å². The molecule has 84 valence electrons. The van der Waals surface area contributed by atoms with Crippen LogP contribution in [-0.2, 0) is 0 Å². The lowest BCUT2D eigenvalue weighted by atomic mass is 9.79.